The number of piperazine rings is 1. The van der Waals surface area contributed by atoms with Gasteiger partial charge in [-0.05, 0) is 30.5 Å². The second-order valence-corrected chi connectivity index (χ2v) is 8.37. The molecule has 0 bridgehead atoms. The van der Waals surface area contributed by atoms with E-state index >= 15 is 0 Å². The summed E-state index contributed by atoms with van der Waals surface area (Å²) in [4.78, 5) is 8.59. The van der Waals surface area contributed by atoms with Crippen LogP contribution in [0.25, 0.3) is 0 Å². The van der Waals surface area contributed by atoms with E-state index in [0.717, 1.165) is 51.6 Å². The molecule has 1 N–H and O–H groups in total. The van der Waals surface area contributed by atoms with Crippen LogP contribution in [-0.2, 0) is 17.5 Å². The highest BCUT2D eigenvalue weighted by atomic mass is 19.4. The highest BCUT2D eigenvalue weighted by Gasteiger charge is 2.40. The summed E-state index contributed by atoms with van der Waals surface area (Å²) in [5.74, 6) is 0. The number of aromatic nitrogens is 1. The minimum atomic E-state index is -4.42. The number of anilines is 1. The Morgan fingerprint density at radius 3 is 2.29 bits per heavy atom. The molecule has 1 aromatic heterocycles. The van der Waals surface area contributed by atoms with Crippen molar-refractivity contribution in [3.05, 3.63) is 59.9 Å². The summed E-state index contributed by atoms with van der Waals surface area (Å²) >= 11 is 0. The molecule has 31 heavy (non-hydrogen) atoms. The molecule has 0 atom stereocenters. The average molecular weight is 435 g/mol. The summed E-state index contributed by atoms with van der Waals surface area (Å²) in [5, 5.41) is 3.34. The molecule has 2 aromatic rings. The molecular weight excluding hydrogens is 405 g/mol. The maximum Gasteiger partial charge on any atom is 0.433 e. The Morgan fingerprint density at radius 1 is 0.968 bits per heavy atom. The molecule has 1 aromatic carbocycles. The largest absolute Gasteiger partial charge is 0.433 e. The fourth-order valence-corrected chi connectivity index (χ4v) is 4.51. The van der Waals surface area contributed by atoms with Crippen molar-refractivity contribution in [1.29, 1.82) is 0 Å². The Labute approximate surface area is 181 Å². The number of rotatable bonds is 6. The first-order valence-electron chi connectivity index (χ1n) is 10.8. The van der Waals surface area contributed by atoms with Crippen LogP contribution in [0.3, 0.4) is 0 Å². The van der Waals surface area contributed by atoms with Crippen molar-refractivity contribution in [2.75, 3.05) is 51.3 Å². The lowest BCUT2D eigenvalue weighted by Crippen LogP contribution is -2.61. The predicted octanol–water partition coefficient (Wildman–Crippen LogP) is 3.88. The van der Waals surface area contributed by atoms with Crippen molar-refractivity contribution in [2.45, 2.75) is 31.1 Å². The third-order valence-electron chi connectivity index (χ3n) is 6.39. The zero-order valence-corrected chi connectivity index (χ0v) is 17.6. The third kappa shape index (κ3) is 5.56. The van der Waals surface area contributed by atoms with Crippen LogP contribution in [0.15, 0.2) is 48.7 Å². The molecule has 0 spiro atoms. The van der Waals surface area contributed by atoms with E-state index in [2.05, 4.69) is 44.4 Å². The number of nitrogens with zero attached hydrogens (tertiary/aromatic N) is 3. The highest BCUT2D eigenvalue weighted by molar-refractivity contribution is 5.42. The van der Waals surface area contributed by atoms with Gasteiger partial charge in [-0.2, -0.15) is 13.2 Å². The minimum absolute atomic E-state index is 0.0558. The Balaban J connectivity index is 1.37. The number of nitrogens with one attached hydrogen (secondary N) is 1. The normalized spacial score (nSPS) is 20.5. The van der Waals surface area contributed by atoms with Gasteiger partial charge in [0.1, 0.15) is 5.69 Å². The quantitative estimate of drug-likeness (QED) is 0.747. The van der Waals surface area contributed by atoms with Crippen molar-refractivity contribution in [1.82, 2.24) is 14.8 Å². The lowest BCUT2D eigenvalue weighted by molar-refractivity contribution is -0.141. The maximum atomic E-state index is 12.8. The van der Waals surface area contributed by atoms with E-state index in [-0.39, 0.29) is 5.54 Å². The molecule has 2 aliphatic rings. The van der Waals surface area contributed by atoms with Gasteiger partial charge in [0.05, 0.1) is 11.9 Å². The molecule has 2 saturated heterocycles. The first-order valence-corrected chi connectivity index (χ1v) is 10.8. The third-order valence-corrected chi connectivity index (χ3v) is 6.39. The van der Waals surface area contributed by atoms with Crippen LogP contribution < -0.4 is 5.32 Å². The van der Waals surface area contributed by atoms with Gasteiger partial charge in [0.2, 0.25) is 0 Å². The van der Waals surface area contributed by atoms with Gasteiger partial charge >= 0.3 is 6.18 Å². The number of alkyl halides is 3. The lowest BCUT2D eigenvalue weighted by atomic mass is 9.87. The second-order valence-electron chi connectivity index (χ2n) is 8.37. The highest BCUT2D eigenvalue weighted by Crippen LogP contribution is 2.31. The summed E-state index contributed by atoms with van der Waals surface area (Å²) in [6.07, 6.45) is -1.33. The van der Waals surface area contributed by atoms with Crippen molar-refractivity contribution in [3.8, 4) is 0 Å². The molecule has 8 heteroatoms. The fourth-order valence-electron chi connectivity index (χ4n) is 4.51. The van der Waals surface area contributed by atoms with Crippen molar-refractivity contribution in [3.63, 3.8) is 0 Å². The molecule has 0 amide bonds. The molecular formula is C23H29F3N4O. The number of hydrogen-bond acceptors (Lipinski definition) is 5. The van der Waals surface area contributed by atoms with Crippen LogP contribution in [0.4, 0.5) is 18.9 Å². The van der Waals surface area contributed by atoms with Gasteiger partial charge in [0.25, 0.3) is 0 Å². The van der Waals surface area contributed by atoms with Crippen molar-refractivity contribution >= 4 is 5.69 Å². The molecule has 0 saturated carbocycles. The van der Waals surface area contributed by atoms with Crippen LogP contribution in [-0.4, -0.2) is 66.3 Å². The number of ether oxygens (including phenoxy) is 1. The molecule has 2 fully saturated rings. The molecule has 2 aliphatic heterocycles. The van der Waals surface area contributed by atoms with Crippen LogP contribution >= 0.6 is 0 Å². The molecule has 0 aliphatic carbocycles. The number of benzene rings is 1. The van der Waals surface area contributed by atoms with Crippen LogP contribution in [0.1, 0.15) is 24.1 Å². The Hall–Kier alpha value is -2.16. The molecule has 5 nitrogen and oxygen atoms in total. The van der Waals surface area contributed by atoms with Gasteiger partial charge in [-0.25, -0.2) is 4.98 Å². The standard InChI is InChI=1S/C23H29F3N4O/c24-23(25,26)21-7-6-20(16-27-21)28-18-22(8-14-31-15-9-22)30-12-10-29(11-13-30)17-19-4-2-1-3-5-19/h1-7,16,28H,8-15,17-18H2. The first kappa shape index (κ1) is 22.0. The van der Waals surface area contributed by atoms with E-state index in [1.54, 1.807) is 0 Å². The van der Waals surface area contributed by atoms with Crippen LogP contribution in [0.2, 0.25) is 0 Å². The predicted molar refractivity (Wildman–Crippen MR) is 114 cm³/mol. The summed E-state index contributed by atoms with van der Waals surface area (Å²) in [6.45, 7) is 6.98. The smallest absolute Gasteiger partial charge is 0.382 e. The fraction of sp³-hybridized carbons (Fsp3) is 0.522. The Morgan fingerprint density at radius 2 is 1.68 bits per heavy atom. The lowest BCUT2D eigenvalue weighted by Gasteiger charge is -2.50. The molecule has 168 valence electrons. The molecule has 0 unspecified atom stereocenters. The van der Waals surface area contributed by atoms with E-state index in [9.17, 15) is 13.2 Å². The van der Waals surface area contributed by atoms with Gasteiger partial charge < -0.3 is 10.1 Å². The summed E-state index contributed by atoms with van der Waals surface area (Å²) in [5.41, 5.74) is 1.02. The summed E-state index contributed by atoms with van der Waals surface area (Å²) in [7, 11) is 0. The van der Waals surface area contributed by atoms with Crippen LogP contribution in [0, 0.1) is 0 Å². The first-order chi connectivity index (χ1) is 14.9. The van der Waals surface area contributed by atoms with Gasteiger partial charge in [-0.1, -0.05) is 30.3 Å². The molecule has 4 rings (SSSR count). The Kier molecular flexibility index (Phi) is 6.79. The minimum Gasteiger partial charge on any atom is -0.382 e. The molecule has 3 heterocycles. The van der Waals surface area contributed by atoms with Crippen LogP contribution in [0.5, 0.6) is 0 Å². The van der Waals surface area contributed by atoms with Gasteiger partial charge in [-0.3, -0.25) is 9.80 Å². The van der Waals surface area contributed by atoms with Crippen molar-refractivity contribution < 1.29 is 17.9 Å². The number of hydrogen-bond donors (Lipinski definition) is 1. The van der Waals surface area contributed by atoms with Crippen molar-refractivity contribution in [2.24, 2.45) is 0 Å². The second kappa shape index (κ2) is 9.54. The Bertz CT molecular complexity index is 815. The number of pyridine rings is 1. The van der Waals surface area contributed by atoms with Gasteiger partial charge in [0, 0.05) is 58.0 Å². The zero-order chi connectivity index (χ0) is 21.7. The maximum absolute atomic E-state index is 12.8. The SMILES string of the molecule is FC(F)(F)c1ccc(NCC2(N3CCN(Cc4ccccc4)CC3)CCOCC2)cn1. The topological polar surface area (TPSA) is 40.6 Å². The van der Waals surface area contributed by atoms with E-state index in [4.69, 9.17) is 4.74 Å². The summed E-state index contributed by atoms with van der Waals surface area (Å²) in [6, 6.07) is 13.0. The van der Waals surface area contributed by atoms with E-state index in [1.165, 1.54) is 17.8 Å². The number of halogens is 3. The zero-order valence-electron chi connectivity index (χ0n) is 17.6. The van der Waals surface area contributed by atoms with E-state index in [0.29, 0.717) is 25.4 Å². The van der Waals surface area contributed by atoms with E-state index < -0.39 is 11.9 Å². The average Bonchev–Trinajstić information content (AvgIpc) is 2.79. The monoisotopic (exact) mass is 434 g/mol. The van der Waals surface area contributed by atoms with Gasteiger partial charge in [0.15, 0.2) is 0 Å². The molecule has 0 radical (unpaired) electrons. The van der Waals surface area contributed by atoms with E-state index in [1.807, 2.05) is 6.07 Å². The summed E-state index contributed by atoms with van der Waals surface area (Å²) < 4.78 is 43.9. The van der Waals surface area contributed by atoms with Gasteiger partial charge in [-0.15, -0.1) is 0 Å².